The number of Topliss-reactive ketones (excluding diaryl/α,β-unsaturated/α-hetero) is 1. The molecule has 0 fully saturated rings. The highest BCUT2D eigenvalue weighted by atomic mass is 16.1. The van der Waals surface area contributed by atoms with Crippen molar-refractivity contribution in [2.75, 3.05) is 13.6 Å². The molecule has 0 spiro atoms. The summed E-state index contributed by atoms with van der Waals surface area (Å²) in [4.78, 5) is 22.6. The molecule has 0 saturated heterocycles. The molecule has 16 heavy (non-hydrogen) atoms. The highest BCUT2D eigenvalue weighted by molar-refractivity contribution is 5.83. The summed E-state index contributed by atoms with van der Waals surface area (Å²) in [7, 11) is 1.80. The number of nitrogens with one attached hydrogen (secondary N) is 2. The second-order valence-electron chi connectivity index (χ2n) is 3.90. The lowest BCUT2D eigenvalue weighted by atomic mass is 10.1. The largest absolute Gasteiger partial charge is 0.356 e. The second kappa shape index (κ2) is 9.33. The van der Waals surface area contributed by atoms with Crippen LogP contribution in [0.5, 0.6) is 0 Å². The zero-order valence-electron chi connectivity index (χ0n) is 10.6. The molecular formula is C12H24N2O2. The van der Waals surface area contributed by atoms with Crippen LogP contribution < -0.4 is 10.6 Å². The molecule has 0 rings (SSSR count). The molecule has 0 aromatic rings. The van der Waals surface area contributed by atoms with Gasteiger partial charge < -0.3 is 10.6 Å². The fraction of sp³-hybridized carbons (Fsp3) is 0.833. The molecule has 94 valence electrons. The molecule has 1 unspecified atom stereocenters. The van der Waals surface area contributed by atoms with Crippen LogP contribution in [0.2, 0.25) is 0 Å². The Kier molecular flexibility index (Phi) is 8.81. The van der Waals surface area contributed by atoms with Crippen LogP contribution in [0.4, 0.5) is 0 Å². The van der Waals surface area contributed by atoms with E-state index in [4.69, 9.17) is 0 Å². The average molecular weight is 228 g/mol. The van der Waals surface area contributed by atoms with Gasteiger partial charge in [-0.2, -0.15) is 0 Å². The summed E-state index contributed by atoms with van der Waals surface area (Å²) in [6.45, 7) is 4.51. The average Bonchev–Trinajstić information content (AvgIpc) is 2.28. The van der Waals surface area contributed by atoms with Crippen LogP contribution in [-0.4, -0.2) is 31.3 Å². The topological polar surface area (TPSA) is 58.2 Å². The number of ketones is 1. The van der Waals surface area contributed by atoms with Crippen LogP contribution >= 0.6 is 0 Å². The lowest BCUT2D eigenvalue weighted by molar-refractivity contribution is -0.121. The minimum absolute atomic E-state index is 0.0620. The Morgan fingerprint density at radius 2 is 1.94 bits per heavy atom. The Morgan fingerprint density at radius 1 is 1.25 bits per heavy atom. The molecule has 0 saturated carbocycles. The molecule has 0 heterocycles. The molecule has 0 aliphatic carbocycles. The number of amides is 1. The summed E-state index contributed by atoms with van der Waals surface area (Å²) in [5.41, 5.74) is 0. The van der Waals surface area contributed by atoms with Gasteiger partial charge in [-0.05, 0) is 26.3 Å². The predicted octanol–water partition coefficient (Wildman–Crippen LogP) is 1.25. The van der Waals surface area contributed by atoms with Crippen molar-refractivity contribution in [1.29, 1.82) is 0 Å². The number of hydrogen-bond donors (Lipinski definition) is 2. The normalized spacial score (nSPS) is 12.2. The van der Waals surface area contributed by atoms with Gasteiger partial charge >= 0.3 is 0 Å². The van der Waals surface area contributed by atoms with E-state index in [1.54, 1.807) is 7.05 Å². The van der Waals surface area contributed by atoms with E-state index in [1.807, 2.05) is 13.8 Å². The third kappa shape index (κ3) is 6.56. The van der Waals surface area contributed by atoms with E-state index in [-0.39, 0.29) is 17.7 Å². The summed E-state index contributed by atoms with van der Waals surface area (Å²) in [6.07, 6.45) is 3.65. The van der Waals surface area contributed by atoms with Crippen molar-refractivity contribution in [2.24, 2.45) is 0 Å². The third-order valence-corrected chi connectivity index (χ3v) is 2.55. The molecule has 0 aliphatic rings. The first-order chi connectivity index (χ1) is 7.65. The molecule has 0 aromatic carbocycles. The highest BCUT2D eigenvalue weighted by Crippen LogP contribution is 2.00. The van der Waals surface area contributed by atoms with Crippen molar-refractivity contribution in [1.82, 2.24) is 10.6 Å². The fourth-order valence-electron chi connectivity index (χ4n) is 1.56. The first-order valence-electron chi connectivity index (χ1n) is 6.12. The fourth-order valence-corrected chi connectivity index (χ4v) is 1.56. The van der Waals surface area contributed by atoms with Gasteiger partial charge in [-0.25, -0.2) is 0 Å². The maximum Gasteiger partial charge on any atom is 0.219 e. The minimum atomic E-state index is -0.0620. The Balaban J connectivity index is 3.63. The van der Waals surface area contributed by atoms with E-state index in [2.05, 4.69) is 10.6 Å². The number of likely N-dealkylation sites (N-methyl/N-ethyl adjacent to an activating group) is 1. The van der Waals surface area contributed by atoms with Gasteiger partial charge in [-0.1, -0.05) is 13.8 Å². The summed E-state index contributed by atoms with van der Waals surface area (Å²) in [6, 6.07) is -0.0620. The van der Waals surface area contributed by atoms with Gasteiger partial charge in [-0.15, -0.1) is 0 Å². The first-order valence-corrected chi connectivity index (χ1v) is 6.12. The molecule has 0 bridgehead atoms. The van der Waals surface area contributed by atoms with Crippen LogP contribution in [-0.2, 0) is 9.59 Å². The monoisotopic (exact) mass is 228 g/mol. The predicted molar refractivity (Wildman–Crippen MR) is 65.3 cm³/mol. The second-order valence-corrected chi connectivity index (χ2v) is 3.90. The van der Waals surface area contributed by atoms with Crippen LogP contribution in [0.1, 0.15) is 46.0 Å². The van der Waals surface area contributed by atoms with Crippen LogP contribution in [0, 0.1) is 0 Å². The smallest absolute Gasteiger partial charge is 0.219 e. The molecule has 1 atom stereocenters. The van der Waals surface area contributed by atoms with Gasteiger partial charge in [0, 0.05) is 19.4 Å². The molecule has 1 amide bonds. The first kappa shape index (κ1) is 15.1. The Hall–Kier alpha value is -0.900. The number of carbonyl (C=O) groups excluding carboxylic acids is 2. The third-order valence-electron chi connectivity index (χ3n) is 2.55. The van der Waals surface area contributed by atoms with Crippen molar-refractivity contribution < 1.29 is 9.59 Å². The lowest BCUT2D eigenvalue weighted by Crippen LogP contribution is -2.34. The van der Waals surface area contributed by atoms with Gasteiger partial charge in [-0.3, -0.25) is 9.59 Å². The van der Waals surface area contributed by atoms with Crippen LogP contribution in [0.3, 0.4) is 0 Å². The van der Waals surface area contributed by atoms with Gasteiger partial charge in [0.1, 0.15) is 5.78 Å². The minimum Gasteiger partial charge on any atom is -0.356 e. The van der Waals surface area contributed by atoms with Gasteiger partial charge in [0.05, 0.1) is 6.04 Å². The maximum atomic E-state index is 11.4. The van der Waals surface area contributed by atoms with Crippen molar-refractivity contribution in [2.45, 2.75) is 52.0 Å². The maximum absolute atomic E-state index is 11.4. The highest BCUT2D eigenvalue weighted by Gasteiger charge is 2.13. The van der Waals surface area contributed by atoms with Gasteiger partial charge in [0.25, 0.3) is 0 Å². The van der Waals surface area contributed by atoms with Gasteiger partial charge in [0.15, 0.2) is 0 Å². The quantitative estimate of drug-likeness (QED) is 0.584. The number of carbonyl (C=O) groups is 2. The molecular weight excluding hydrogens is 204 g/mol. The summed E-state index contributed by atoms with van der Waals surface area (Å²) < 4.78 is 0. The van der Waals surface area contributed by atoms with Crippen molar-refractivity contribution in [3.8, 4) is 0 Å². The van der Waals surface area contributed by atoms with Crippen molar-refractivity contribution >= 4 is 11.7 Å². The van der Waals surface area contributed by atoms with E-state index in [9.17, 15) is 9.59 Å². The number of rotatable bonds is 9. The number of hydrogen-bond acceptors (Lipinski definition) is 3. The van der Waals surface area contributed by atoms with E-state index in [1.165, 1.54) is 0 Å². The molecule has 4 heteroatoms. The van der Waals surface area contributed by atoms with E-state index in [0.717, 1.165) is 19.3 Å². The molecule has 2 N–H and O–H groups in total. The van der Waals surface area contributed by atoms with E-state index in [0.29, 0.717) is 19.4 Å². The lowest BCUT2D eigenvalue weighted by Gasteiger charge is -2.13. The Morgan fingerprint density at radius 3 is 2.44 bits per heavy atom. The molecule has 4 nitrogen and oxygen atoms in total. The zero-order chi connectivity index (χ0) is 12.4. The van der Waals surface area contributed by atoms with E-state index < -0.39 is 0 Å². The molecule has 0 aliphatic heterocycles. The van der Waals surface area contributed by atoms with E-state index >= 15 is 0 Å². The molecule has 0 radical (unpaired) electrons. The van der Waals surface area contributed by atoms with Crippen LogP contribution in [0.15, 0.2) is 0 Å². The summed E-state index contributed by atoms with van der Waals surface area (Å²) in [5, 5.41) is 5.85. The molecule has 0 aromatic heterocycles. The van der Waals surface area contributed by atoms with Crippen molar-refractivity contribution in [3.05, 3.63) is 0 Å². The van der Waals surface area contributed by atoms with Gasteiger partial charge in [0.2, 0.25) is 5.91 Å². The van der Waals surface area contributed by atoms with Crippen molar-refractivity contribution in [3.63, 3.8) is 0 Å². The SMILES string of the molecule is CCCC(=O)NCCCC(NC)C(=O)CC. The van der Waals surface area contributed by atoms with Crippen LogP contribution in [0.25, 0.3) is 0 Å². The Labute approximate surface area is 98.2 Å². The standard InChI is InChI=1S/C12H24N2O2/c1-4-7-12(16)14-9-6-8-10(13-3)11(15)5-2/h10,13H,4-9H2,1-3H3,(H,14,16). The zero-order valence-corrected chi connectivity index (χ0v) is 10.6. The summed E-state index contributed by atoms with van der Waals surface area (Å²) in [5.74, 6) is 0.340. The Bertz CT molecular complexity index is 217. The summed E-state index contributed by atoms with van der Waals surface area (Å²) >= 11 is 0.